The Hall–Kier alpha value is -1.66. The number of halogens is 1. The Bertz CT molecular complexity index is 488. The topological polar surface area (TPSA) is 61.6 Å². The summed E-state index contributed by atoms with van der Waals surface area (Å²) in [6.45, 7) is 7.01. The summed E-state index contributed by atoms with van der Waals surface area (Å²) in [5.41, 5.74) is 2.85. The van der Waals surface area contributed by atoms with Crippen molar-refractivity contribution < 1.29 is 9.18 Å². The summed E-state index contributed by atoms with van der Waals surface area (Å²) in [5.74, 6) is 4.68. The van der Waals surface area contributed by atoms with E-state index in [4.69, 9.17) is 5.84 Å². The molecule has 6 heteroatoms. The molecule has 1 heterocycles. The molecule has 0 radical (unpaired) electrons. The number of nitrogens with zero attached hydrogens (tertiary/aromatic N) is 2. The van der Waals surface area contributed by atoms with Gasteiger partial charge in [-0.15, -0.1) is 0 Å². The number of para-hydroxylation sites is 1. The third-order valence-corrected chi connectivity index (χ3v) is 4.36. The van der Waals surface area contributed by atoms with E-state index >= 15 is 0 Å². The molecule has 0 aromatic heterocycles. The number of anilines is 1. The Balaban J connectivity index is 1.94. The number of hydrogen-bond donors (Lipinski definition) is 2. The number of piperazine rings is 1. The largest absolute Gasteiger partial charge is 0.367 e. The second-order valence-corrected chi connectivity index (χ2v) is 5.51. The molecule has 0 spiro atoms. The van der Waals surface area contributed by atoms with Crippen molar-refractivity contribution in [3.05, 3.63) is 30.1 Å². The highest BCUT2D eigenvalue weighted by molar-refractivity contribution is 5.78. The van der Waals surface area contributed by atoms with Crippen molar-refractivity contribution in [1.82, 2.24) is 10.3 Å². The zero-order chi connectivity index (χ0) is 15.4. The van der Waals surface area contributed by atoms with E-state index in [0.717, 1.165) is 26.2 Å². The van der Waals surface area contributed by atoms with Crippen LogP contribution in [0.1, 0.15) is 13.8 Å². The van der Waals surface area contributed by atoms with E-state index in [2.05, 4.69) is 10.3 Å². The highest BCUT2D eigenvalue weighted by Crippen LogP contribution is 2.21. The molecule has 1 aliphatic rings. The van der Waals surface area contributed by atoms with Crippen LogP contribution in [0, 0.1) is 11.7 Å². The van der Waals surface area contributed by atoms with Crippen molar-refractivity contribution in [2.24, 2.45) is 11.8 Å². The van der Waals surface area contributed by atoms with Gasteiger partial charge in [-0.3, -0.25) is 15.1 Å². The number of carbonyl (C=O) groups excluding carboxylic acids is 1. The molecule has 5 nitrogen and oxygen atoms in total. The second kappa shape index (κ2) is 6.87. The van der Waals surface area contributed by atoms with E-state index < -0.39 is 0 Å². The molecule has 1 aromatic carbocycles. The van der Waals surface area contributed by atoms with Crippen molar-refractivity contribution in [2.45, 2.75) is 19.9 Å². The fourth-order valence-corrected chi connectivity index (χ4v) is 2.75. The van der Waals surface area contributed by atoms with E-state index in [9.17, 15) is 9.18 Å². The monoisotopic (exact) mass is 294 g/mol. The van der Waals surface area contributed by atoms with Crippen molar-refractivity contribution in [3.63, 3.8) is 0 Å². The first-order valence-electron chi connectivity index (χ1n) is 7.28. The minimum absolute atomic E-state index is 0.108. The molecule has 116 valence electrons. The predicted octanol–water partition coefficient (Wildman–Crippen LogP) is 0.962. The van der Waals surface area contributed by atoms with Crippen LogP contribution in [0.5, 0.6) is 0 Å². The van der Waals surface area contributed by atoms with Gasteiger partial charge in [-0.25, -0.2) is 10.2 Å². The van der Waals surface area contributed by atoms with Gasteiger partial charge in [0.1, 0.15) is 5.82 Å². The van der Waals surface area contributed by atoms with Crippen molar-refractivity contribution in [2.75, 3.05) is 31.1 Å². The van der Waals surface area contributed by atoms with E-state index in [-0.39, 0.29) is 23.7 Å². The van der Waals surface area contributed by atoms with Gasteiger partial charge in [0.05, 0.1) is 11.6 Å². The van der Waals surface area contributed by atoms with Crippen LogP contribution in [-0.2, 0) is 4.79 Å². The molecular weight excluding hydrogens is 271 g/mol. The Morgan fingerprint density at radius 2 is 1.86 bits per heavy atom. The minimum Gasteiger partial charge on any atom is -0.367 e. The number of amides is 1. The molecule has 2 rings (SSSR count). The zero-order valence-electron chi connectivity index (χ0n) is 12.6. The molecule has 0 aliphatic carbocycles. The molecule has 0 saturated carbocycles. The third kappa shape index (κ3) is 3.51. The van der Waals surface area contributed by atoms with Crippen LogP contribution in [0.25, 0.3) is 0 Å². The molecule has 1 saturated heterocycles. The third-order valence-electron chi connectivity index (χ3n) is 4.36. The highest BCUT2D eigenvalue weighted by Gasteiger charge is 2.28. The van der Waals surface area contributed by atoms with Crippen molar-refractivity contribution in [3.8, 4) is 0 Å². The number of nitrogens with two attached hydrogens (primary N) is 1. The smallest absolute Gasteiger partial charge is 0.238 e. The highest BCUT2D eigenvalue weighted by atomic mass is 19.1. The number of hydrazine groups is 1. The maximum atomic E-state index is 13.8. The van der Waals surface area contributed by atoms with Gasteiger partial charge < -0.3 is 4.90 Å². The second-order valence-electron chi connectivity index (χ2n) is 5.51. The summed E-state index contributed by atoms with van der Waals surface area (Å²) >= 11 is 0. The van der Waals surface area contributed by atoms with Crippen LogP contribution >= 0.6 is 0 Å². The first-order chi connectivity index (χ1) is 10.0. The summed E-state index contributed by atoms with van der Waals surface area (Å²) in [4.78, 5) is 15.9. The summed E-state index contributed by atoms with van der Waals surface area (Å²) in [6, 6.07) is 6.94. The lowest BCUT2D eigenvalue weighted by molar-refractivity contribution is -0.126. The van der Waals surface area contributed by atoms with Crippen molar-refractivity contribution in [1.29, 1.82) is 0 Å². The molecule has 0 bridgehead atoms. The van der Waals surface area contributed by atoms with Gasteiger partial charge in [0.15, 0.2) is 0 Å². The zero-order valence-corrected chi connectivity index (χ0v) is 12.6. The number of benzene rings is 1. The van der Waals surface area contributed by atoms with Gasteiger partial charge in [0, 0.05) is 32.2 Å². The number of hydrogen-bond acceptors (Lipinski definition) is 4. The Morgan fingerprint density at radius 3 is 2.43 bits per heavy atom. The Kier molecular flexibility index (Phi) is 5.14. The summed E-state index contributed by atoms with van der Waals surface area (Å²) in [6.07, 6.45) is 0. The van der Waals surface area contributed by atoms with E-state index in [1.165, 1.54) is 6.07 Å². The van der Waals surface area contributed by atoms with Crippen molar-refractivity contribution >= 4 is 11.6 Å². The molecule has 3 N–H and O–H groups in total. The molecule has 1 aliphatic heterocycles. The molecule has 1 amide bonds. The predicted molar refractivity (Wildman–Crippen MR) is 81.1 cm³/mol. The summed E-state index contributed by atoms with van der Waals surface area (Å²) in [7, 11) is 0. The first kappa shape index (κ1) is 15.7. The van der Waals surface area contributed by atoms with Gasteiger partial charge in [-0.05, 0) is 19.1 Å². The summed E-state index contributed by atoms with van der Waals surface area (Å²) < 4.78 is 13.8. The lowest BCUT2D eigenvalue weighted by atomic mass is 10.0. The SMILES string of the molecule is CC(C(=O)NN)C(C)N1CCN(c2ccccc2F)CC1. The molecular formula is C15H23FN4O. The van der Waals surface area contributed by atoms with Crippen LogP contribution in [0.15, 0.2) is 24.3 Å². The maximum absolute atomic E-state index is 13.8. The average molecular weight is 294 g/mol. The molecule has 1 fully saturated rings. The number of carbonyl (C=O) groups is 1. The van der Waals surface area contributed by atoms with Crippen LogP contribution in [0.4, 0.5) is 10.1 Å². The standard InChI is InChI=1S/C15H23FN4O/c1-11(15(21)18-17)12(2)19-7-9-20(10-8-19)14-6-4-3-5-13(14)16/h3-6,11-12H,7-10,17H2,1-2H3,(H,18,21). The Morgan fingerprint density at radius 1 is 1.24 bits per heavy atom. The molecule has 2 atom stereocenters. The fourth-order valence-electron chi connectivity index (χ4n) is 2.75. The molecule has 21 heavy (non-hydrogen) atoms. The van der Waals surface area contributed by atoms with E-state index in [1.807, 2.05) is 24.8 Å². The first-order valence-corrected chi connectivity index (χ1v) is 7.28. The Labute approximate surface area is 124 Å². The van der Waals surface area contributed by atoms with Gasteiger partial charge in [0.2, 0.25) is 5.91 Å². The fraction of sp³-hybridized carbons (Fsp3) is 0.533. The van der Waals surface area contributed by atoms with Crippen LogP contribution in [-0.4, -0.2) is 43.0 Å². The van der Waals surface area contributed by atoms with Gasteiger partial charge in [-0.1, -0.05) is 19.1 Å². The van der Waals surface area contributed by atoms with E-state index in [1.54, 1.807) is 12.1 Å². The summed E-state index contributed by atoms with van der Waals surface area (Å²) in [5, 5.41) is 0. The lowest BCUT2D eigenvalue weighted by Gasteiger charge is -2.40. The molecule has 1 aromatic rings. The quantitative estimate of drug-likeness (QED) is 0.493. The maximum Gasteiger partial charge on any atom is 0.238 e. The number of nitrogens with one attached hydrogen (secondary N) is 1. The lowest BCUT2D eigenvalue weighted by Crippen LogP contribution is -2.53. The van der Waals surface area contributed by atoms with Crippen LogP contribution < -0.4 is 16.2 Å². The number of rotatable bonds is 4. The van der Waals surface area contributed by atoms with Crippen LogP contribution in [0.3, 0.4) is 0 Å². The van der Waals surface area contributed by atoms with Crippen LogP contribution in [0.2, 0.25) is 0 Å². The minimum atomic E-state index is -0.185. The van der Waals surface area contributed by atoms with Gasteiger partial charge >= 0.3 is 0 Å². The average Bonchev–Trinajstić information content (AvgIpc) is 2.53. The molecule has 2 unspecified atom stereocenters. The van der Waals surface area contributed by atoms with Gasteiger partial charge in [0.25, 0.3) is 0 Å². The van der Waals surface area contributed by atoms with Gasteiger partial charge in [-0.2, -0.15) is 0 Å². The normalized spacial score (nSPS) is 19.1. The van der Waals surface area contributed by atoms with E-state index in [0.29, 0.717) is 5.69 Å².